The Kier molecular flexibility index (Phi) is 4.11. The van der Waals surface area contributed by atoms with E-state index in [0.29, 0.717) is 12.0 Å². The highest BCUT2D eigenvalue weighted by Gasteiger charge is 2.42. The van der Waals surface area contributed by atoms with Crippen molar-refractivity contribution in [3.8, 4) is 0 Å². The monoisotopic (exact) mass is 328 g/mol. The molecule has 1 amide bonds. The Balaban J connectivity index is 1.50. The Labute approximate surface area is 143 Å². The zero-order valence-corrected chi connectivity index (χ0v) is 14.6. The molecule has 5 nitrogen and oxygen atoms in total. The predicted molar refractivity (Wildman–Crippen MR) is 94.4 cm³/mol. The summed E-state index contributed by atoms with van der Waals surface area (Å²) in [5.74, 6) is 0.451. The zero-order chi connectivity index (χ0) is 16.7. The topological polar surface area (TPSA) is 65.2 Å². The van der Waals surface area contributed by atoms with Crippen LogP contribution in [0.1, 0.15) is 50.3 Å². The smallest absolute Gasteiger partial charge is 0.239 e. The van der Waals surface area contributed by atoms with Crippen LogP contribution in [0.25, 0.3) is 0 Å². The quantitative estimate of drug-likeness (QED) is 0.662. The molecule has 2 saturated heterocycles. The summed E-state index contributed by atoms with van der Waals surface area (Å²) in [6.07, 6.45) is 3.17. The van der Waals surface area contributed by atoms with E-state index in [9.17, 15) is 4.79 Å². The number of piperidine rings is 1. The van der Waals surface area contributed by atoms with E-state index in [1.807, 2.05) is 0 Å². The standard InChI is InChI=1S/C19H28N4O/c1-19(2)9-7-15(12-5-3-4-6-14(12)19)21-18(24)17-13-11-20-10-8-16(13)22-23-17/h3-6,13,15-17,20,22-23H,7-11H2,1-2H3,(H,21,24). The number of amides is 1. The Morgan fingerprint density at radius 1 is 1.21 bits per heavy atom. The van der Waals surface area contributed by atoms with Crippen molar-refractivity contribution in [2.45, 2.75) is 56.7 Å². The van der Waals surface area contributed by atoms with Crippen molar-refractivity contribution in [1.82, 2.24) is 21.5 Å². The molecule has 0 spiro atoms. The van der Waals surface area contributed by atoms with Crippen LogP contribution in [0.3, 0.4) is 0 Å². The van der Waals surface area contributed by atoms with E-state index < -0.39 is 0 Å². The fraction of sp³-hybridized carbons (Fsp3) is 0.632. The number of hydrogen-bond acceptors (Lipinski definition) is 4. The van der Waals surface area contributed by atoms with Crippen molar-refractivity contribution in [3.63, 3.8) is 0 Å². The SMILES string of the molecule is CC1(C)CCC(NC(=O)C2NNC3CCNCC32)c2ccccc21. The maximum atomic E-state index is 12.9. The van der Waals surface area contributed by atoms with Gasteiger partial charge in [-0.25, -0.2) is 5.43 Å². The number of nitrogens with one attached hydrogen (secondary N) is 4. The normalized spacial score (nSPS) is 34.2. The minimum Gasteiger partial charge on any atom is -0.348 e. The average Bonchev–Trinajstić information content (AvgIpc) is 3.02. The van der Waals surface area contributed by atoms with Crippen molar-refractivity contribution in [3.05, 3.63) is 35.4 Å². The second kappa shape index (κ2) is 6.14. The number of rotatable bonds is 2. The van der Waals surface area contributed by atoms with Crippen molar-refractivity contribution in [2.24, 2.45) is 5.92 Å². The van der Waals surface area contributed by atoms with Crippen LogP contribution in [0, 0.1) is 5.92 Å². The van der Waals surface area contributed by atoms with Gasteiger partial charge in [-0.1, -0.05) is 38.1 Å². The highest BCUT2D eigenvalue weighted by molar-refractivity contribution is 5.83. The van der Waals surface area contributed by atoms with Gasteiger partial charge >= 0.3 is 0 Å². The summed E-state index contributed by atoms with van der Waals surface area (Å²) in [4.78, 5) is 12.9. The third-order valence-corrected chi connectivity index (χ3v) is 6.10. The summed E-state index contributed by atoms with van der Waals surface area (Å²) < 4.78 is 0. The molecule has 3 aliphatic rings. The maximum absolute atomic E-state index is 12.9. The molecule has 0 radical (unpaired) electrons. The molecular formula is C19H28N4O. The minimum atomic E-state index is -0.148. The summed E-state index contributed by atoms with van der Waals surface area (Å²) in [5, 5.41) is 6.73. The molecule has 2 fully saturated rings. The molecule has 4 atom stereocenters. The number of benzene rings is 1. The van der Waals surface area contributed by atoms with Crippen LogP contribution < -0.4 is 21.5 Å². The molecule has 1 aromatic carbocycles. The lowest BCUT2D eigenvalue weighted by Crippen LogP contribution is -2.50. The molecule has 4 rings (SSSR count). The largest absolute Gasteiger partial charge is 0.348 e. The third-order valence-electron chi connectivity index (χ3n) is 6.10. The summed E-state index contributed by atoms with van der Waals surface area (Å²) in [6.45, 7) is 6.52. The van der Waals surface area contributed by atoms with Crippen LogP contribution >= 0.6 is 0 Å². The van der Waals surface area contributed by atoms with Gasteiger partial charge in [0.25, 0.3) is 0 Å². The van der Waals surface area contributed by atoms with Crippen molar-refractivity contribution in [2.75, 3.05) is 13.1 Å². The molecule has 1 aromatic rings. The van der Waals surface area contributed by atoms with E-state index >= 15 is 0 Å². The van der Waals surface area contributed by atoms with E-state index in [0.717, 1.165) is 32.4 Å². The van der Waals surface area contributed by atoms with Gasteiger partial charge in [0.15, 0.2) is 0 Å². The lowest BCUT2D eigenvalue weighted by molar-refractivity contribution is -0.124. The Hall–Kier alpha value is -1.43. The maximum Gasteiger partial charge on any atom is 0.239 e. The van der Waals surface area contributed by atoms with Gasteiger partial charge in [-0.05, 0) is 42.3 Å². The van der Waals surface area contributed by atoms with E-state index in [2.05, 4.69) is 59.6 Å². The van der Waals surface area contributed by atoms with Crippen LogP contribution in [0.4, 0.5) is 0 Å². The van der Waals surface area contributed by atoms with Crippen molar-refractivity contribution < 1.29 is 4.79 Å². The zero-order valence-electron chi connectivity index (χ0n) is 14.6. The predicted octanol–water partition coefficient (Wildman–Crippen LogP) is 1.37. The second-order valence-corrected chi connectivity index (χ2v) is 8.10. The summed E-state index contributed by atoms with van der Waals surface area (Å²) in [5.41, 5.74) is 9.37. The first kappa shape index (κ1) is 16.1. The molecule has 0 saturated carbocycles. The molecule has 2 aliphatic heterocycles. The molecule has 130 valence electrons. The molecule has 0 aromatic heterocycles. The van der Waals surface area contributed by atoms with Crippen LogP contribution in [0.15, 0.2) is 24.3 Å². The van der Waals surface area contributed by atoms with Gasteiger partial charge < -0.3 is 10.6 Å². The van der Waals surface area contributed by atoms with E-state index in [1.165, 1.54) is 11.1 Å². The van der Waals surface area contributed by atoms with Crippen LogP contribution in [0.2, 0.25) is 0 Å². The molecule has 4 unspecified atom stereocenters. The fourth-order valence-electron chi connectivity index (χ4n) is 4.60. The van der Waals surface area contributed by atoms with Gasteiger partial charge in [-0.2, -0.15) is 0 Å². The number of hydrogen-bond donors (Lipinski definition) is 4. The van der Waals surface area contributed by atoms with Gasteiger partial charge in [-0.15, -0.1) is 0 Å². The lowest BCUT2D eigenvalue weighted by atomic mass is 9.71. The number of hydrazine groups is 1. The van der Waals surface area contributed by atoms with Crippen LogP contribution in [-0.4, -0.2) is 31.1 Å². The molecular weight excluding hydrogens is 300 g/mol. The Morgan fingerprint density at radius 2 is 2.04 bits per heavy atom. The summed E-state index contributed by atoms with van der Waals surface area (Å²) >= 11 is 0. The molecule has 2 heterocycles. The highest BCUT2D eigenvalue weighted by Crippen LogP contribution is 2.41. The Bertz CT molecular complexity index is 630. The Morgan fingerprint density at radius 3 is 2.92 bits per heavy atom. The van der Waals surface area contributed by atoms with E-state index in [1.54, 1.807) is 0 Å². The molecule has 24 heavy (non-hydrogen) atoms. The molecule has 1 aliphatic carbocycles. The molecule has 5 heteroatoms. The van der Waals surface area contributed by atoms with Crippen molar-refractivity contribution >= 4 is 5.91 Å². The number of fused-ring (bicyclic) bond motifs is 2. The first-order chi connectivity index (χ1) is 11.6. The second-order valence-electron chi connectivity index (χ2n) is 8.10. The van der Waals surface area contributed by atoms with Gasteiger partial charge in [0.05, 0.1) is 6.04 Å². The van der Waals surface area contributed by atoms with Gasteiger partial charge in [0, 0.05) is 18.5 Å². The van der Waals surface area contributed by atoms with Crippen LogP contribution in [-0.2, 0) is 10.2 Å². The first-order valence-electron chi connectivity index (χ1n) is 9.18. The van der Waals surface area contributed by atoms with Crippen molar-refractivity contribution in [1.29, 1.82) is 0 Å². The number of carbonyl (C=O) groups is 1. The minimum absolute atomic E-state index is 0.123. The van der Waals surface area contributed by atoms with E-state index in [-0.39, 0.29) is 23.4 Å². The average molecular weight is 328 g/mol. The summed E-state index contributed by atoms with van der Waals surface area (Å²) in [6, 6.07) is 8.95. The third kappa shape index (κ3) is 2.75. The van der Waals surface area contributed by atoms with Gasteiger partial charge in [-0.3, -0.25) is 10.2 Å². The molecule has 0 bridgehead atoms. The van der Waals surface area contributed by atoms with E-state index in [4.69, 9.17) is 0 Å². The van der Waals surface area contributed by atoms with Crippen LogP contribution in [0.5, 0.6) is 0 Å². The van der Waals surface area contributed by atoms with Gasteiger partial charge in [0.2, 0.25) is 5.91 Å². The fourth-order valence-corrected chi connectivity index (χ4v) is 4.60. The first-order valence-corrected chi connectivity index (χ1v) is 9.18. The lowest BCUT2D eigenvalue weighted by Gasteiger charge is -2.38. The summed E-state index contributed by atoms with van der Waals surface area (Å²) in [7, 11) is 0. The number of carbonyl (C=O) groups excluding carboxylic acids is 1. The van der Waals surface area contributed by atoms with Gasteiger partial charge in [0.1, 0.15) is 6.04 Å². The highest BCUT2D eigenvalue weighted by atomic mass is 16.2. The molecule has 4 N–H and O–H groups in total.